The normalized spacial score (nSPS) is 19.7. The van der Waals surface area contributed by atoms with Crippen molar-refractivity contribution in [2.75, 3.05) is 20.1 Å². The summed E-state index contributed by atoms with van der Waals surface area (Å²) in [6.07, 6.45) is -0.491. The third-order valence-electron chi connectivity index (χ3n) is 7.09. The number of amides is 4. The maximum atomic E-state index is 13.8. The number of rotatable bonds is 6. The fourth-order valence-electron chi connectivity index (χ4n) is 5.17. The number of aromatic hydroxyl groups is 1. The number of urea groups is 1. The fourth-order valence-corrected chi connectivity index (χ4v) is 5.17. The van der Waals surface area contributed by atoms with E-state index in [9.17, 15) is 23.9 Å². The smallest absolute Gasteiger partial charge is 0.334 e. The molecule has 0 spiro atoms. The van der Waals surface area contributed by atoms with Crippen LogP contribution in [0.1, 0.15) is 16.7 Å². The lowest BCUT2D eigenvalue weighted by molar-refractivity contribution is -0.187. The van der Waals surface area contributed by atoms with Gasteiger partial charge in [0.05, 0.1) is 13.1 Å². The molecule has 0 bridgehead atoms. The summed E-state index contributed by atoms with van der Waals surface area (Å²) < 4.78 is 13.3. The zero-order valence-corrected chi connectivity index (χ0v) is 21.5. The molecule has 0 radical (unpaired) electrons. The molecule has 4 amide bonds. The van der Waals surface area contributed by atoms with Crippen molar-refractivity contribution in [1.82, 2.24) is 25.1 Å². The van der Waals surface area contributed by atoms with Crippen LogP contribution in [0, 0.1) is 5.82 Å². The van der Waals surface area contributed by atoms with E-state index in [1.54, 1.807) is 53.4 Å². The van der Waals surface area contributed by atoms with E-state index in [0.29, 0.717) is 6.54 Å². The fraction of sp³-hybridized carbons (Fsp3) is 0.276. The number of halogens is 1. The van der Waals surface area contributed by atoms with Crippen molar-refractivity contribution in [3.63, 3.8) is 0 Å². The highest BCUT2D eigenvalue weighted by Crippen LogP contribution is 2.29. The maximum Gasteiger partial charge on any atom is 0.334 e. The van der Waals surface area contributed by atoms with Crippen molar-refractivity contribution in [2.24, 2.45) is 0 Å². The number of benzene rings is 3. The lowest BCUT2D eigenvalue weighted by atomic mass is 9.98. The van der Waals surface area contributed by atoms with Crippen LogP contribution >= 0.6 is 0 Å². The number of fused-ring (bicyclic) bond motifs is 1. The van der Waals surface area contributed by atoms with E-state index in [2.05, 4.69) is 5.32 Å². The number of hydrogen-bond donors (Lipinski definition) is 2. The first-order chi connectivity index (χ1) is 18.8. The number of hydrogen-bond acceptors (Lipinski definition) is 5. The second-order valence-electron chi connectivity index (χ2n) is 9.82. The topological polar surface area (TPSA) is 96.4 Å². The molecule has 202 valence electrons. The molecule has 3 aromatic rings. The number of carbonyl (C=O) groups excluding carboxylic acids is 3. The van der Waals surface area contributed by atoms with Crippen molar-refractivity contribution >= 4 is 17.8 Å². The summed E-state index contributed by atoms with van der Waals surface area (Å²) >= 11 is 0. The van der Waals surface area contributed by atoms with Gasteiger partial charge in [0.15, 0.2) is 0 Å². The summed E-state index contributed by atoms with van der Waals surface area (Å²) in [5.74, 6) is -0.702. The van der Waals surface area contributed by atoms with Crippen LogP contribution in [-0.2, 0) is 29.1 Å². The Balaban J connectivity index is 1.44. The van der Waals surface area contributed by atoms with E-state index in [4.69, 9.17) is 0 Å². The van der Waals surface area contributed by atoms with Crippen molar-refractivity contribution in [3.05, 3.63) is 101 Å². The molecule has 39 heavy (non-hydrogen) atoms. The molecule has 0 saturated carbocycles. The summed E-state index contributed by atoms with van der Waals surface area (Å²) in [6, 6.07) is 20.7. The molecular weight excluding hydrogens is 501 g/mol. The van der Waals surface area contributed by atoms with Crippen LogP contribution in [0.25, 0.3) is 0 Å². The Kier molecular flexibility index (Phi) is 7.47. The molecule has 2 N–H and O–H groups in total. The average molecular weight is 532 g/mol. The molecular formula is C29H30FN5O4. The van der Waals surface area contributed by atoms with Crippen LogP contribution in [-0.4, -0.2) is 75.1 Å². The van der Waals surface area contributed by atoms with Crippen molar-refractivity contribution in [3.8, 4) is 5.75 Å². The number of phenolic OH excluding ortho intramolecular Hbond substituents is 1. The molecule has 3 aromatic carbocycles. The van der Waals surface area contributed by atoms with Gasteiger partial charge in [-0.2, -0.15) is 0 Å². The number of hydrazine groups is 1. The minimum absolute atomic E-state index is 0.0709. The second kappa shape index (κ2) is 11.1. The largest absolute Gasteiger partial charge is 0.508 e. The summed E-state index contributed by atoms with van der Waals surface area (Å²) in [5.41, 5.74) is 2.45. The molecule has 2 saturated heterocycles. The molecule has 9 nitrogen and oxygen atoms in total. The van der Waals surface area contributed by atoms with Gasteiger partial charge in [-0.25, -0.2) is 19.2 Å². The van der Waals surface area contributed by atoms with Crippen LogP contribution in [0.4, 0.5) is 9.18 Å². The van der Waals surface area contributed by atoms with Gasteiger partial charge in [-0.05, 0) is 41.0 Å². The number of phenols is 1. The van der Waals surface area contributed by atoms with Crippen LogP contribution < -0.4 is 5.32 Å². The van der Waals surface area contributed by atoms with Gasteiger partial charge in [0.25, 0.3) is 0 Å². The number of likely N-dealkylation sites (N-methyl/N-ethyl adjacent to an activating group) is 1. The van der Waals surface area contributed by atoms with Gasteiger partial charge in [-0.15, -0.1) is 0 Å². The van der Waals surface area contributed by atoms with E-state index in [-0.39, 0.29) is 49.4 Å². The molecule has 2 aliphatic heterocycles. The number of carbonyl (C=O) groups is 3. The summed E-state index contributed by atoms with van der Waals surface area (Å²) in [7, 11) is 1.67. The number of nitrogens with one attached hydrogen (secondary N) is 1. The first-order valence-electron chi connectivity index (χ1n) is 12.7. The van der Waals surface area contributed by atoms with Gasteiger partial charge in [-0.3, -0.25) is 9.59 Å². The molecule has 0 aliphatic carbocycles. The quantitative estimate of drug-likeness (QED) is 0.510. The van der Waals surface area contributed by atoms with E-state index >= 15 is 0 Å². The molecule has 2 heterocycles. The van der Waals surface area contributed by atoms with Crippen LogP contribution in [0.5, 0.6) is 5.75 Å². The van der Waals surface area contributed by atoms with Gasteiger partial charge < -0.3 is 20.2 Å². The molecule has 5 rings (SSSR count). The Morgan fingerprint density at radius 2 is 1.62 bits per heavy atom. The molecule has 0 aromatic heterocycles. The standard InChI is InChI=1S/C29H30FN5O4/c1-32-19-27(37)34-25(15-20-9-13-24(36)14-10-20)28(38)33(17-22-5-3-2-4-6-22)18-26(34)35(32)29(39)31-16-21-7-11-23(30)12-8-21/h2-14,25-26,36H,15-19H2,1H3,(H,31,39)/t25?,26-/m0/s1. The minimum atomic E-state index is -0.828. The van der Waals surface area contributed by atoms with E-state index in [0.717, 1.165) is 16.7 Å². The molecule has 10 heteroatoms. The van der Waals surface area contributed by atoms with E-state index in [1.807, 2.05) is 30.3 Å². The lowest BCUT2D eigenvalue weighted by Gasteiger charge is -2.54. The number of nitrogens with zero attached hydrogens (tertiary/aromatic N) is 4. The van der Waals surface area contributed by atoms with Crippen molar-refractivity contribution in [1.29, 1.82) is 0 Å². The molecule has 2 fully saturated rings. The van der Waals surface area contributed by atoms with Crippen LogP contribution in [0.3, 0.4) is 0 Å². The van der Waals surface area contributed by atoms with Crippen molar-refractivity contribution < 1.29 is 23.9 Å². The first kappa shape index (κ1) is 26.2. The molecule has 2 atom stereocenters. The monoisotopic (exact) mass is 531 g/mol. The molecule has 2 aliphatic rings. The lowest BCUT2D eigenvalue weighted by Crippen LogP contribution is -2.76. The summed E-state index contributed by atoms with van der Waals surface area (Å²) in [5, 5.41) is 15.6. The maximum absolute atomic E-state index is 13.8. The zero-order valence-electron chi connectivity index (χ0n) is 21.5. The first-order valence-corrected chi connectivity index (χ1v) is 12.7. The minimum Gasteiger partial charge on any atom is -0.508 e. The zero-order chi connectivity index (χ0) is 27.5. The van der Waals surface area contributed by atoms with Crippen molar-refractivity contribution in [2.45, 2.75) is 31.7 Å². The summed E-state index contributed by atoms with van der Waals surface area (Å²) in [4.78, 5) is 43.9. The van der Waals surface area contributed by atoms with Gasteiger partial charge in [0, 0.05) is 26.6 Å². The Bertz CT molecular complexity index is 1340. The highest BCUT2D eigenvalue weighted by molar-refractivity contribution is 5.91. The summed E-state index contributed by atoms with van der Waals surface area (Å²) in [6.45, 7) is 0.575. The Hall–Kier alpha value is -4.44. The second-order valence-corrected chi connectivity index (χ2v) is 9.82. The van der Waals surface area contributed by atoms with Crippen LogP contribution in [0.15, 0.2) is 78.9 Å². The third-order valence-corrected chi connectivity index (χ3v) is 7.09. The predicted octanol–water partition coefficient (Wildman–Crippen LogP) is 2.71. The van der Waals surface area contributed by atoms with Gasteiger partial charge in [0.1, 0.15) is 23.8 Å². The molecule has 1 unspecified atom stereocenters. The van der Waals surface area contributed by atoms with Gasteiger partial charge >= 0.3 is 6.03 Å². The SMILES string of the molecule is CN1CC(=O)N2C(Cc3ccc(O)cc3)C(=O)N(Cc3ccccc3)C[C@@H]2N1C(=O)NCc1ccc(F)cc1. The Morgan fingerprint density at radius 3 is 2.31 bits per heavy atom. The Labute approximate surface area is 226 Å². The third kappa shape index (κ3) is 5.70. The van der Waals surface area contributed by atoms with Gasteiger partial charge in [-0.1, -0.05) is 54.6 Å². The average Bonchev–Trinajstić information content (AvgIpc) is 2.92. The Morgan fingerprint density at radius 1 is 0.949 bits per heavy atom. The highest BCUT2D eigenvalue weighted by Gasteiger charge is 2.50. The number of piperazine rings is 1. The predicted molar refractivity (Wildman–Crippen MR) is 141 cm³/mol. The highest BCUT2D eigenvalue weighted by atomic mass is 19.1. The van der Waals surface area contributed by atoms with E-state index < -0.39 is 18.2 Å². The van der Waals surface area contributed by atoms with Crippen LogP contribution in [0.2, 0.25) is 0 Å². The van der Waals surface area contributed by atoms with E-state index in [1.165, 1.54) is 22.0 Å². The van der Waals surface area contributed by atoms with Gasteiger partial charge in [0.2, 0.25) is 11.8 Å².